The summed E-state index contributed by atoms with van der Waals surface area (Å²) >= 11 is 0. The van der Waals surface area contributed by atoms with Crippen LogP contribution in [0.25, 0.3) is 0 Å². The van der Waals surface area contributed by atoms with E-state index in [0.717, 1.165) is 11.5 Å². The highest BCUT2D eigenvalue weighted by Crippen LogP contribution is 2.15. The molecule has 0 spiro atoms. The zero-order chi connectivity index (χ0) is 15.2. The van der Waals surface area contributed by atoms with Crippen LogP contribution in [0.1, 0.15) is 11.5 Å². The number of furan rings is 1. The first-order valence-electron chi connectivity index (χ1n) is 6.93. The molecule has 0 aliphatic rings. The fraction of sp³-hybridized carbons (Fsp3) is 0.375. The number of rotatable bonds is 7. The van der Waals surface area contributed by atoms with Gasteiger partial charge in [-0.25, -0.2) is 0 Å². The Balaban J connectivity index is 1.74. The number of hydrogen-bond donors (Lipinski definition) is 2. The molecule has 1 atom stereocenters. The van der Waals surface area contributed by atoms with Crippen molar-refractivity contribution < 1.29 is 14.3 Å². The first kappa shape index (κ1) is 15.4. The average molecular weight is 290 g/mol. The molecule has 21 heavy (non-hydrogen) atoms. The van der Waals surface area contributed by atoms with Crippen molar-refractivity contribution in [3.63, 3.8) is 0 Å². The lowest BCUT2D eigenvalue weighted by atomic mass is 10.3. The SMILES string of the molecule is Cc1ccc(CN(C)CC(O)COc2cccc(N)c2)o1. The molecule has 0 aliphatic carbocycles. The lowest BCUT2D eigenvalue weighted by molar-refractivity contribution is 0.0725. The average Bonchev–Trinajstić information content (AvgIpc) is 2.81. The summed E-state index contributed by atoms with van der Waals surface area (Å²) in [5, 5.41) is 10.0. The van der Waals surface area contributed by atoms with Crippen LogP contribution in [0.3, 0.4) is 0 Å². The number of nitrogen functional groups attached to an aromatic ring is 1. The summed E-state index contributed by atoms with van der Waals surface area (Å²) in [6.07, 6.45) is -0.576. The van der Waals surface area contributed by atoms with E-state index in [4.69, 9.17) is 14.9 Å². The largest absolute Gasteiger partial charge is 0.491 e. The zero-order valence-corrected chi connectivity index (χ0v) is 12.5. The van der Waals surface area contributed by atoms with E-state index in [2.05, 4.69) is 0 Å². The fourth-order valence-corrected chi connectivity index (χ4v) is 2.11. The first-order valence-corrected chi connectivity index (χ1v) is 6.93. The van der Waals surface area contributed by atoms with Crippen LogP contribution in [0.5, 0.6) is 5.75 Å². The summed E-state index contributed by atoms with van der Waals surface area (Å²) in [6, 6.07) is 11.1. The van der Waals surface area contributed by atoms with Crippen LogP contribution in [0.15, 0.2) is 40.8 Å². The summed E-state index contributed by atoms with van der Waals surface area (Å²) < 4.78 is 11.0. The number of nitrogens with zero attached hydrogens (tertiary/aromatic N) is 1. The van der Waals surface area contributed by atoms with E-state index in [-0.39, 0.29) is 6.61 Å². The van der Waals surface area contributed by atoms with E-state index in [1.807, 2.05) is 43.1 Å². The third-order valence-electron chi connectivity index (χ3n) is 3.04. The maximum absolute atomic E-state index is 10.0. The molecule has 0 bridgehead atoms. The zero-order valence-electron chi connectivity index (χ0n) is 12.5. The van der Waals surface area contributed by atoms with E-state index in [1.54, 1.807) is 12.1 Å². The fourth-order valence-electron chi connectivity index (χ4n) is 2.11. The van der Waals surface area contributed by atoms with Crippen LogP contribution in [-0.2, 0) is 6.54 Å². The van der Waals surface area contributed by atoms with Gasteiger partial charge in [-0.05, 0) is 38.2 Å². The second kappa shape index (κ2) is 7.15. The van der Waals surface area contributed by atoms with Gasteiger partial charge in [0, 0.05) is 18.3 Å². The number of aliphatic hydroxyl groups is 1. The molecule has 0 saturated carbocycles. The van der Waals surface area contributed by atoms with Gasteiger partial charge in [0.2, 0.25) is 0 Å². The molecule has 5 heteroatoms. The normalized spacial score (nSPS) is 12.6. The van der Waals surface area contributed by atoms with Crippen LogP contribution >= 0.6 is 0 Å². The highest BCUT2D eigenvalue weighted by atomic mass is 16.5. The van der Waals surface area contributed by atoms with Gasteiger partial charge < -0.3 is 20.0 Å². The molecule has 1 heterocycles. The Hall–Kier alpha value is -1.98. The number of anilines is 1. The van der Waals surface area contributed by atoms with Gasteiger partial charge in [-0.1, -0.05) is 6.07 Å². The van der Waals surface area contributed by atoms with Crippen LogP contribution in [0, 0.1) is 6.92 Å². The molecule has 0 aliphatic heterocycles. The molecule has 2 rings (SSSR count). The number of likely N-dealkylation sites (N-methyl/N-ethyl adjacent to an activating group) is 1. The molecule has 0 radical (unpaired) electrons. The Labute approximate surface area is 124 Å². The smallest absolute Gasteiger partial charge is 0.121 e. The van der Waals surface area contributed by atoms with Crippen molar-refractivity contribution in [1.82, 2.24) is 4.90 Å². The van der Waals surface area contributed by atoms with Crippen LogP contribution in [-0.4, -0.2) is 36.3 Å². The van der Waals surface area contributed by atoms with E-state index in [1.165, 1.54) is 0 Å². The minimum Gasteiger partial charge on any atom is -0.491 e. The van der Waals surface area contributed by atoms with Gasteiger partial charge in [0.15, 0.2) is 0 Å². The van der Waals surface area contributed by atoms with Gasteiger partial charge in [0.1, 0.15) is 30.0 Å². The van der Waals surface area contributed by atoms with Crippen LogP contribution in [0.2, 0.25) is 0 Å². The van der Waals surface area contributed by atoms with Gasteiger partial charge in [-0.2, -0.15) is 0 Å². The van der Waals surface area contributed by atoms with Gasteiger partial charge in [-0.15, -0.1) is 0 Å². The molecule has 1 aromatic heterocycles. The lowest BCUT2D eigenvalue weighted by Crippen LogP contribution is -2.32. The Kier molecular flexibility index (Phi) is 5.25. The van der Waals surface area contributed by atoms with E-state index >= 15 is 0 Å². The topological polar surface area (TPSA) is 71.9 Å². The van der Waals surface area contributed by atoms with Crippen LogP contribution < -0.4 is 10.5 Å². The summed E-state index contributed by atoms with van der Waals surface area (Å²) in [7, 11) is 1.93. The second-order valence-corrected chi connectivity index (χ2v) is 5.25. The predicted octanol–water partition coefficient (Wildman–Crippen LogP) is 2.04. The molecule has 1 aromatic carbocycles. The first-order chi connectivity index (χ1) is 10.0. The van der Waals surface area contributed by atoms with Gasteiger partial charge in [0.25, 0.3) is 0 Å². The lowest BCUT2D eigenvalue weighted by Gasteiger charge is -2.19. The number of aliphatic hydroxyl groups excluding tert-OH is 1. The molecule has 2 aromatic rings. The van der Waals surface area contributed by atoms with E-state index < -0.39 is 6.10 Å². The molecular formula is C16H22N2O3. The van der Waals surface area contributed by atoms with Crippen LogP contribution in [0.4, 0.5) is 5.69 Å². The number of aryl methyl sites for hydroxylation is 1. The van der Waals surface area contributed by atoms with Crippen molar-refractivity contribution in [3.8, 4) is 5.75 Å². The second-order valence-electron chi connectivity index (χ2n) is 5.25. The Morgan fingerprint density at radius 2 is 2.14 bits per heavy atom. The number of benzene rings is 1. The van der Waals surface area contributed by atoms with Crippen molar-refractivity contribution in [1.29, 1.82) is 0 Å². The monoisotopic (exact) mass is 290 g/mol. The predicted molar refractivity (Wildman–Crippen MR) is 82.1 cm³/mol. The molecule has 3 N–H and O–H groups in total. The van der Waals surface area contributed by atoms with Crippen molar-refractivity contribution in [3.05, 3.63) is 47.9 Å². The van der Waals surface area contributed by atoms with Crippen molar-refractivity contribution in [2.45, 2.75) is 19.6 Å². The van der Waals surface area contributed by atoms with Gasteiger partial charge >= 0.3 is 0 Å². The standard InChI is InChI=1S/C16H22N2O3/c1-12-6-7-16(21-12)10-18(2)9-14(19)11-20-15-5-3-4-13(17)8-15/h3-8,14,19H,9-11,17H2,1-2H3. The Morgan fingerprint density at radius 1 is 1.33 bits per heavy atom. The molecule has 1 unspecified atom stereocenters. The maximum Gasteiger partial charge on any atom is 0.121 e. The summed E-state index contributed by atoms with van der Waals surface area (Å²) in [6.45, 7) is 3.30. The van der Waals surface area contributed by atoms with Crippen molar-refractivity contribution >= 4 is 5.69 Å². The molecule has 0 fully saturated rings. The van der Waals surface area contributed by atoms with E-state index in [9.17, 15) is 5.11 Å². The number of hydrogen-bond acceptors (Lipinski definition) is 5. The quantitative estimate of drug-likeness (QED) is 0.764. The third-order valence-corrected chi connectivity index (χ3v) is 3.04. The molecule has 0 saturated heterocycles. The minimum atomic E-state index is -0.576. The number of ether oxygens (including phenoxy) is 1. The summed E-state index contributed by atoms with van der Waals surface area (Å²) in [5.74, 6) is 2.45. The summed E-state index contributed by atoms with van der Waals surface area (Å²) in [4.78, 5) is 1.99. The molecule has 0 amide bonds. The third kappa shape index (κ3) is 5.13. The Morgan fingerprint density at radius 3 is 2.81 bits per heavy atom. The highest BCUT2D eigenvalue weighted by Gasteiger charge is 2.11. The number of nitrogens with two attached hydrogens (primary N) is 1. The van der Waals surface area contributed by atoms with E-state index in [0.29, 0.717) is 24.5 Å². The highest BCUT2D eigenvalue weighted by molar-refractivity contribution is 5.43. The molecule has 5 nitrogen and oxygen atoms in total. The molecule has 114 valence electrons. The van der Waals surface area contributed by atoms with Crippen molar-refractivity contribution in [2.24, 2.45) is 0 Å². The van der Waals surface area contributed by atoms with Gasteiger partial charge in [-0.3, -0.25) is 4.90 Å². The van der Waals surface area contributed by atoms with Gasteiger partial charge in [0.05, 0.1) is 6.54 Å². The summed E-state index contributed by atoms with van der Waals surface area (Å²) in [5.41, 5.74) is 6.32. The van der Waals surface area contributed by atoms with Crippen molar-refractivity contribution in [2.75, 3.05) is 25.9 Å². The maximum atomic E-state index is 10.0. The Bertz CT molecular complexity index is 568. The molecular weight excluding hydrogens is 268 g/mol. The minimum absolute atomic E-state index is 0.227.